The van der Waals surface area contributed by atoms with Gasteiger partial charge in [0.1, 0.15) is 0 Å². The molecule has 0 spiro atoms. The van der Waals surface area contributed by atoms with Crippen LogP contribution in [-0.2, 0) is 4.74 Å². The van der Waals surface area contributed by atoms with Gasteiger partial charge >= 0.3 is 6.03 Å². The van der Waals surface area contributed by atoms with Crippen molar-refractivity contribution in [3.05, 3.63) is 28.8 Å². The first-order chi connectivity index (χ1) is 9.15. The number of anilines is 1. The molecule has 1 fully saturated rings. The average Bonchev–Trinajstić information content (AvgIpc) is 2.42. The third kappa shape index (κ3) is 4.40. The lowest BCUT2D eigenvalue weighted by molar-refractivity contribution is 0.0671. The van der Waals surface area contributed by atoms with E-state index in [2.05, 4.69) is 10.6 Å². The Morgan fingerprint density at radius 2 is 2.16 bits per heavy atom. The van der Waals surface area contributed by atoms with Gasteiger partial charge in [0.2, 0.25) is 0 Å². The van der Waals surface area contributed by atoms with E-state index >= 15 is 0 Å². The maximum Gasteiger partial charge on any atom is 0.319 e. The number of carbonyl (C=O) groups excluding carboxylic acids is 1. The highest BCUT2D eigenvalue weighted by Gasteiger charge is 2.14. The summed E-state index contributed by atoms with van der Waals surface area (Å²) >= 11 is 5.91. The fourth-order valence-electron chi connectivity index (χ4n) is 2.08. The number of nitrogens with one attached hydrogen (secondary N) is 2. The van der Waals surface area contributed by atoms with Crippen LogP contribution in [0.15, 0.2) is 18.2 Å². The second-order valence-corrected chi connectivity index (χ2v) is 5.29. The number of amides is 2. The molecule has 1 aliphatic rings. The van der Waals surface area contributed by atoms with Crippen LogP contribution in [0.2, 0.25) is 5.02 Å². The van der Waals surface area contributed by atoms with Crippen molar-refractivity contribution in [2.24, 2.45) is 5.92 Å². The minimum atomic E-state index is -0.183. The summed E-state index contributed by atoms with van der Waals surface area (Å²) in [5.74, 6) is 0.514. The minimum absolute atomic E-state index is 0.183. The maximum atomic E-state index is 11.8. The van der Waals surface area contributed by atoms with Gasteiger partial charge < -0.3 is 15.4 Å². The van der Waals surface area contributed by atoms with Crippen LogP contribution in [0.4, 0.5) is 10.5 Å². The Labute approximate surface area is 118 Å². The van der Waals surface area contributed by atoms with Gasteiger partial charge in [0.15, 0.2) is 0 Å². The van der Waals surface area contributed by atoms with Gasteiger partial charge in [-0.05, 0) is 43.4 Å². The van der Waals surface area contributed by atoms with Crippen molar-refractivity contribution in [1.29, 1.82) is 0 Å². The van der Waals surface area contributed by atoms with Gasteiger partial charge in [0.05, 0.1) is 0 Å². The van der Waals surface area contributed by atoms with Crippen molar-refractivity contribution < 1.29 is 9.53 Å². The third-order valence-electron chi connectivity index (χ3n) is 3.34. The van der Waals surface area contributed by atoms with Gasteiger partial charge in [-0.1, -0.05) is 17.7 Å². The van der Waals surface area contributed by atoms with Crippen molar-refractivity contribution in [3.8, 4) is 0 Å². The monoisotopic (exact) mass is 282 g/mol. The molecule has 5 heteroatoms. The number of urea groups is 1. The van der Waals surface area contributed by atoms with E-state index in [1.165, 1.54) is 0 Å². The Balaban J connectivity index is 1.81. The number of aryl methyl sites for hydroxylation is 1. The van der Waals surface area contributed by atoms with Crippen LogP contribution in [-0.4, -0.2) is 25.8 Å². The van der Waals surface area contributed by atoms with Gasteiger partial charge in [-0.15, -0.1) is 0 Å². The summed E-state index contributed by atoms with van der Waals surface area (Å²) in [5.41, 5.74) is 1.74. The lowest BCUT2D eigenvalue weighted by Crippen LogP contribution is -2.35. The standard InChI is InChI=1S/C14H19ClN2O2/c1-10-2-3-12(15)8-13(10)17-14(18)16-9-11-4-6-19-7-5-11/h2-3,8,11H,4-7,9H2,1H3,(H2,16,17,18). The predicted molar refractivity (Wildman–Crippen MR) is 76.8 cm³/mol. The molecule has 0 radical (unpaired) electrons. The molecule has 0 aromatic heterocycles. The number of benzene rings is 1. The minimum Gasteiger partial charge on any atom is -0.381 e. The SMILES string of the molecule is Cc1ccc(Cl)cc1NC(=O)NCC1CCOCC1. The van der Waals surface area contributed by atoms with Crippen LogP contribution < -0.4 is 10.6 Å². The number of halogens is 1. The fraction of sp³-hybridized carbons (Fsp3) is 0.500. The van der Waals surface area contributed by atoms with Gasteiger partial charge in [-0.2, -0.15) is 0 Å². The molecule has 4 nitrogen and oxygen atoms in total. The number of hydrogen-bond acceptors (Lipinski definition) is 2. The van der Waals surface area contributed by atoms with Gasteiger partial charge in [-0.3, -0.25) is 0 Å². The molecule has 19 heavy (non-hydrogen) atoms. The van der Waals surface area contributed by atoms with E-state index < -0.39 is 0 Å². The summed E-state index contributed by atoms with van der Waals surface area (Å²) in [6.07, 6.45) is 2.02. The molecular formula is C14H19ClN2O2. The zero-order valence-corrected chi connectivity index (χ0v) is 11.8. The van der Waals surface area contributed by atoms with E-state index in [1.54, 1.807) is 6.07 Å². The second kappa shape index (κ2) is 6.78. The van der Waals surface area contributed by atoms with Gasteiger partial charge in [0, 0.05) is 30.5 Å². The topological polar surface area (TPSA) is 50.4 Å². The quantitative estimate of drug-likeness (QED) is 0.894. The van der Waals surface area contributed by atoms with E-state index in [-0.39, 0.29) is 6.03 Å². The summed E-state index contributed by atoms with van der Waals surface area (Å²) in [6.45, 7) is 4.21. The Hall–Kier alpha value is -1.26. The van der Waals surface area contributed by atoms with E-state index in [4.69, 9.17) is 16.3 Å². The lowest BCUT2D eigenvalue weighted by atomic mass is 10.0. The Morgan fingerprint density at radius 1 is 1.42 bits per heavy atom. The van der Waals surface area contributed by atoms with Crippen LogP contribution in [0.1, 0.15) is 18.4 Å². The van der Waals surface area contributed by atoms with Crippen LogP contribution in [0.3, 0.4) is 0 Å². The van der Waals surface area contributed by atoms with E-state index in [1.807, 2.05) is 19.1 Å². The number of ether oxygens (including phenoxy) is 1. The summed E-state index contributed by atoms with van der Waals surface area (Å²) in [6, 6.07) is 5.26. The van der Waals surface area contributed by atoms with Crippen molar-refractivity contribution in [3.63, 3.8) is 0 Å². The number of hydrogen-bond donors (Lipinski definition) is 2. The molecule has 0 bridgehead atoms. The Kier molecular flexibility index (Phi) is 5.05. The fourth-order valence-corrected chi connectivity index (χ4v) is 2.26. The van der Waals surface area contributed by atoms with E-state index in [0.29, 0.717) is 17.5 Å². The maximum absolute atomic E-state index is 11.8. The lowest BCUT2D eigenvalue weighted by Gasteiger charge is -2.22. The summed E-state index contributed by atoms with van der Waals surface area (Å²) < 4.78 is 5.29. The van der Waals surface area contributed by atoms with Crippen LogP contribution >= 0.6 is 11.6 Å². The molecule has 0 saturated carbocycles. The molecule has 0 aliphatic carbocycles. The van der Waals surface area contributed by atoms with E-state index in [0.717, 1.165) is 37.3 Å². The molecule has 1 aromatic rings. The van der Waals surface area contributed by atoms with Crippen LogP contribution in [0.25, 0.3) is 0 Å². The first kappa shape index (κ1) is 14.2. The highest BCUT2D eigenvalue weighted by molar-refractivity contribution is 6.31. The highest BCUT2D eigenvalue weighted by Crippen LogP contribution is 2.20. The number of rotatable bonds is 3. The molecule has 2 N–H and O–H groups in total. The zero-order valence-electron chi connectivity index (χ0n) is 11.0. The second-order valence-electron chi connectivity index (χ2n) is 4.85. The van der Waals surface area contributed by atoms with E-state index in [9.17, 15) is 4.79 Å². The third-order valence-corrected chi connectivity index (χ3v) is 3.58. The molecule has 1 aliphatic heterocycles. The Morgan fingerprint density at radius 3 is 2.89 bits per heavy atom. The normalized spacial score (nSPS) is 16.1. The van der Waals surface area contributed by atoms with Crippen molar-refractivity contribution in [2.45, 2.75) is 19.8 Å². The van der Waals surface area contributed by atoms with Crippen LogP contribution in [0, 0.1) is 12.8 Å². The van der Waals surface area contributed by atoms with Gasteiger partial charge in [-0.25, -0.2) is 4.79 Å². The molecular weight excluding hydrogens is 264 g/mol. The highest BCUT2D eigenvalue weighted by atomic mass is 35.5. The molecule has 0 atom stereocenters. The zero-order chi connectivity index (χ0) is 13.7. The number of carbonyl (C=O) groups is 1. The van der Waals surface area contributed by atoms with Crippen molar-refractivity contribution in [1.82, 2.24) is 5.32 Å². The predicted octanol–water partition coefficient (Wildman–Crippen LogP) is 3.20. The molecule has 104 valence electrons. The molecule has 1 aromatic carbocycles. The molecule has 1 saturated heterocycles. The Bertz CT molecular complexity index is 445. The van der Waals surface area contributed by atoms with Gasteiger partial charge in [0.25, 0.3) is 0 Å². The van der Waals surface area contributed by atoms with Crippen molar-refractivity contribution >= 4 is 23.3 Å². The largest absolute Gasteiger partial charge is 0.381 e. The summed E-state index contributed by atoms with van der Waals surface area (Å²) in [4.78, 5) is 11.8. The first-order valence-electron chi connectivity index (χ1n) is 6.54. The van der Waals surface area contributed by atoms with Crippen molar-refractivity contribution in [2.75, 3.05) is 25.1 Å². The average molecular weight is 283 g/mol. The molecule has 2 rings (SSSR count). The summed E-state index contributed by atoms with van der Waals surface area (Å²) in [5, 5.41) is 6.34. The first-order valence-corrected chi connectivity index (χ1v) is 6.91. The smallest absolute Gasteiger partial charge is 0.319 e. The molecule has 1 heterocycles. The van der Waals surface area contributed by atoms with Crippen LogP contribution in [0.5, 0.6) is 0 Å². The molecule has 2 amide bonds. The molecule has 0 unspecified atom stereocenters. The summed E-state index contributed by atoms with van der Waals surface area (Å²) in [7, 11) is 0.